The van der Waals surface area contributed by atoms with E-state index in [4.69, 9.17) is 9.97 Å². The maximum absolute atomic E-state index is 10.8. The summed E-state index contributed by atoms with van der Waals surface area (Å²) in [5.41, 5.74) is 11.9. The van der Waals surface area contributed by atoms with Crippen molar-refractivity contribution in [3.63, 3.8) is 0 Å². The number of hydrogen-bond donors (Lipinski definition) is 0. The lowest BCUT2D eigenvalue weighted by Crippen LogP contribution is -2.02. The van der Waals surface area contributed by atoms with Crippen molar-refractivity contribution < 1.29 is 0 Å². The topological polar surface area (TPSA) is 131 Å². The predicted molar refractivity (Wildman–Crippen MR) is 251 cm³/mol. The number of benzene rings is 8. The van der Waals surface area contributed by atoms with Crippen LogP contribution in [0.4, 0.5) is 0 Å². The minimum absolute atomic E-state index is 0.363. The first-order valence-corrected chi connectivity index (χ1v) is 20.6. The molecule has 0 aliphatic heterocycles. The average Bonchev–Trinajstić information content (AvgIpc) is 3.88. The van der Waals surface area contributed by atoms with E-state index in [2.05, 4.69) is 102 Å². The molecule has 8 aromatic carbocycles. The van der Waals surface area contributed by atoms with Gasteiger partial charge in [0.25, 0.3) is 0 Å². The molecule has 0 spiro atoms. The van der Waals surface area contributed by atoms with Gasteiger partial charge in [0.15, 0.2) is 5.82 Å². The van der Waals surface area contributed by atoms with Gasteiger partial charge in [0.2, 0.25) is 0 Å². The van der Waals surface area contributed by atoms with Gasteiger partial charge in [-0.15, -0.1) is 0 Å². The fourth-order valence-corrected chi connectivity index (χ4v) is 9.02. The quantitative estimate of drug-likeness (QED) is 0.164. The maximum Gasteiger partial charge on any atom is 0.161 e. The highest BCUT2D eigenvalue weighted by atomic mass is 15.0. The Kier molecular flexibility index (Phi) is 8.85. The van der Waals surface area contributed by atoms with Crippen molar-refractivity contribution >= 4 is 43.6 Å². The van der Waals surface area contributed by atoms with Crippen LogP contribution in [0.3, 0.4) is 0 Å². The zero-order valence-corrected chi connectivity index (χ0v) is 33.9. The molecule has 0 fully saturated rings. The lowest BCUT2D eigenvalue weighted by atomic mass is 9.96. The molecule has 0 aliphatic carbocycles. The number of para-hydroxylation sites is 3. The Morgan fingerprint density at radius 3 is 1.42 bits per heavy atom. The monoisotopic (exact) mass is 814 g/mol. The van der Waals surface area contributed by atoms with E-state index in [9.17, 15) is 21.0 Å². The van der Waals surface area contributed by atoms with Gasteiger partial charge in [-0.05, 0) is 83.9 Å². The van der Waals surface area contributed by atoms with Crippen molar-refractivity contribution in [3.8, 4) is 80.7 Å². The third-order valence-electron chi connectivity index (χ3n) is 11.9. The lowest BCUT2D eigenvalue weighted by molar-refractivity contribution is 1.15. The Balaban J connectivity index is 1.02. The van der Waals surface area contributed by atoms with Crippen LogP contribution < -0.4 is 0 Å². The molecule has 8 heteroatoms. The van der Waals surface area contributed by atoms with Crippen molar-refractivity contribution in [1.29, 1.82) is 21.0 Å². The van der Waals surface area contributed by atoms with Gasteiger partial charge in [0.05, 0.1) is 73.5 Å². The van der Waals surface area contributed by atoms with Crippen LogP contribution in [0.25, 0.3) is 100 Å². The summed E-state index contributed by atoms with van der Waals surface area (Å²) in [6, 6.07) is 68.5. The smallest absolute Gasteiger partial charge is 0.161 e. The largest absolute Gasteiger partial charge is 0.309 e. The third kappa shape index (κ3) is 5.96. The van der Waals surface area contributed by atoms with E-state index in [-0.39, 0.29) is 0 Å². The number of nitriles is 4. The van der Waals surface area contributed by atoms with Crippen LogP contribution in [0.2, 0.25) is 0 Å². The Morgan fingerprint density at radius 2 is 0.812 bits per heavy atom. The summed E-state index contributed by atoms with van der Waals surface area (Å²) in [7, 11) is 0. The molecule has 0 radical (unpaired) electrons. The van der Waals surface area contributed by atoms with Crippen LogP contribution in [0.15, 0.2) is 182 Å². The molecule has 0 saturated heterocycles. The van der Waals surface area contributed by atoms with Crippen LogP contribution in [-0.2, 0) is 0 Å². The first-order valence-electron chi connectivity index (χ1n) is 20.6. The molecule has 11 aromatic rings. The van der Waals surface area contributed by atoms with Crippen LogP contribution in [0, 0.1) is 45.3 Å². The molecule has 8 nitrogen and oxygen atoms in total. The van der Waals surface area contributed by atoms with Gasteiger partial charge in [0.1, 0.15) is 12.1 Å². The van der Waals surface area contributed by atoms with Gasteiger partial charge in [-0.3, -0.25) is 0 Å². The lowest BCUT2D eigenvalue weighted by Gasteiger charge is -2.15. The Labute approximate surface area is 367 Å². The molecule has 0 atom stereocenters. The summed E-state index contributed by atoms with van der Waals surface area (Å²) in [6.07, 6.45) is 0. The van der Waals surface area contributed by atoms with E-state index < -0.39 is 0 Å². The molecule has 294 valence electrons. The number of aromatic nitrogens is 4. The first-order chi connectivity index (χ1) is 31.6. The van der Waals surface area contributed by atoms with Crippen LogP contribution in [0.5, 0.6) is 0 Å². The zero-order valence-electron chi connectivity index (χ0n) is 33.9. The van der Waals surface area contributed by atoms with E-state index in [1.165, 1.54) is 10.8 Å². The average molecular weight is 815 g/mol. The highest BCUT2D eigenvalue weighted by molar-refractivity contribution is 6.12. The molecular weight excluding hydrogens is 785 g/mol. The summed E-state index contributed by atoms with van der Waals surface area (Å²) in [4.78, 5) is 9.77. The minimum Gasteiger partial charge on any atom is -0.309 e. The summed E-state index contributed by atoms with van der Waals surface area (Å²) in [5, 5.41) is 45.8. The summed E-state index contributed by atoms with van der Waals surface area (Å²) >= 11 is 0. The fraction of sp³-hybridized carbons (Fsp3) is 0. The molecule has 0 unspecified atom stereocenters. The highest BCUT2D eigenvalue weighted by Crippen LogP contribution is 2.40. The molecule has 0 N–H and O–H groups in total. The SMILES string of the molecule is N#Cc1ccccc1-c1cc(-c2ccc(-c3cc(C#N)c(-n4c5ccccc5c5cc(-n6c7ccccc7c7ccccc76)ccc54)c(C#N)c3)cc2)nc(-c2ccccc2C#N)n1. The summed E-state index contributed by atoms with van der Waals surface area (Å²) < 4.78 is 4.34. The molecule has 0 saturated carbocycles. The Morgan fingerprint density at radius 1 is 0.344 bits per heavy atom. The minimum atomic E-state index is 0.363. The van der Waals surface area contributed by atoms with Gasteiger partial charge < -0.3 is 9.13 Å². The molecular formula is C56H30N8. The van der Waals surface area contributed by atoms with Gasteiger partial charge >= 0.3 is 0 Å². The van der Waals surface area contributed by atoms with E-state index in [0.29, 0.717) is 61.8 Å². The van der Waals surface area contributed by atoms with Gasteiger partial charge in [0, 0.05) is 43.9 Å². The van der Waals surface area contributed by atoms with Gasteiger partial charge in [-0.25, -0.2) is 9.97 Å². The second-order valence-corrected chi connectivity index (χ2v) is 15.4. The summed E-state index contributed by atoms with van der Waals surface area (Å²) in [5.74, 6) is 0.363. The van der Waals surface area contributed by atoms with E-state index in [1.54, 1.807) is 18.2 Å². The predicted octanol–water partition coefficient (Wildman–Crippen LogP) is 12.8. The molecule has 0 aliphatic rings. The number of rotatable bonds is 6. The van der Waals surface area contributed by atoms with E-state index in [0.717, 1.165) is 49.7 Å². The van der Waals surface area contributed by atoms with Crippen molar-refractivity contribution in [2.45, 2.75) is 0 Å². The molecule has 0 amide bonds. The molecule has 3 aromatic heterocycles. The van der Waals surface area contributed by atoms with Gasteiger partial charge in [-0.1, -0.05) is 109 Å². The fourth-order valence-electron chi connectivity index (χ4n) is 9.02. The van der Waals surface area contributed by atoms with E-state index in [1.807, 2.05) is 95.6 Å². The van der Waals surface area contributed by atoms with Crippen LogP contribution >= 0.6 is 0 Å². The number of nitrogens with zero attached hydrogens (tertiary/aromatic N) is 8. The van der Waals surface area contributed by atoms with E-state index >= 15 is 0 Å². The second kappa shape index (κ2) is 15.1. The van der Waals surface area contributed by atoms with Crippen molar-refractivity contribution in [1.82, 2.24) is 19.1 Å². The molecule has 64 heavy (non-hydrogen) atoms. The number of hydrogen-bond acceptors (Lipinski definition) is 6. The first kappa shape index (κ1) is 37.4. The van der Waals surface area contributed by atoms with Crippen LogP contribution in [-0.4, -0.2) is 19.1 Å². The Hall–Kier alpha value is -9.60. The third-order valence-corrected chi connectivity index (χ3v) is 11.9. The van der Waals surface area contributed by atoms with Crippen molar-refractivity contribution in [2.75, 3.05) is 0 Å². The summed E-state index contributed by atoms with van der Waals surface area (Å²) in [6.45, 7) is 0. The maximum atomic E-state index is 10.8. The molecule has 3 heterocycles. The van der Waals surface area contributed by atoms with Crippen molar-refractivity contribution in [2.24, 2.45) is 0 Å². The standard InChI is InChI=1S/C56H30N8/c57-31-37-11-1-3-13-43(37)50-30-49(61-56(62-50)44-14-4-2-12-38(44)32-58)36-23-21-35(22-24-36)39-27-40(33-59)55(41(28-39)34-60)64-53-20-10-7-17-47(53)48-29-42(25-26-54(48)64)63-51-18-8-5-15-45(51)46-16-6-9-19-52(46)63/h1-30H. The van der Waals surface area contributed by atoms with Crippen LogP contribution in [0.1, 0.15) is 22.3 Å². The zero-order chi connectivity index (χ0) is 43.3. The molecule has 0 bridgehead atoms. The highest BCUT2D eigenvalue weighted by Gasteiger charge is 2.22. The normalized spacial score (nSPS) is 11.1. The Bertz CT molecular complexity index is 3730. The number of fused-ring (bicyclic) bond motifs is 6. The van der Waals surface area contributed by atoms with Gasteiger partial charge in [-0.2, -0.15) is 21.0 Å². The van der Waals surface area contributed by atoms with Crippen molar-refractivity contribution in [3.05, 3.63) is 204 Å². The second-order valence-electron chi connectivity index (χ2n) is 15.4. The molecule has 11 rings (SSSR count).